The molecule has 2 heterocycles. The summed E-state index contributed by atoms with van der Waals surface area (Å²) in [6, 6.07) is 20.0. The van der Waals surface area contributed by atoms with E-state index in [9.17, 15) is 0 Å². The number of hydrogen-bond donors (Lipinski definition) is 0. The second-order valence-electron chi connectivity index (χ2n) is 14.4. The molecule has 4 nitrogen and oxygen atoms in total. The summed E-state index contributed by atoms with van der Waals surface area (Å²) in [5.41, 5.74) is 5.08. The lowest BCUT2D eigenvalue weighted by atomic mass is 9.75. The molecule has 2 fully saturated rings. The summed E-state index contributed by atoms with van der Waals surface area (Å²) >= 11 is 0. The van der Waals surface area contributed by atoms with Gasteiger partial charge in [-0.05, 0) is 109 Å². The molecular formula is C42H52N2O2. The summed E-state index contributed by atoms with van der Waals surface area (Å²) in [7, 11) is 0. The van der Waals surface area contributed by atoms with E-state index in [-0.39, 0.29) is 0 Å². The van der Waals surface area contributed by atoms with Gasteiger partial charge in [0.2, 0.25) is 0 Å². The third-order valence-corrected chi connectivity index (χ3v) is 10.0. The summed E-state index contributed by atoms with van der Waals surface area (Å²) < 4.78 is 12.9. The van der Waals surface area contributed by atoms with E-state index in [0.717, 1.165) is 58.6 Å². The van der Waals surface area contributed by atoms with Gasteiger partial charge in [0.05, 0.1) is 36.8 Å². The minimum atomic E-state index is 0.298. The molecule has 0 aliphatic heterocycles. The molecule has 0 bridgehead atoms. The van der Waals surface area contributed by atoms with Gasteiger partial charge in [0.15, 0.2) is 0 Å². The van der Waals surface area contributed by atoms with Gasteiger partial charge in [-0.3, -0.25) is 0 Å². The zero-order valence-electron chi connectivity index (χ0n) is 28.8. The molecule has 5 rings (SSSR count). The number of aromatic nitrogens is 2. The highest BCUT2D eigenvalue weighted by Crippen LogP contribution is 2.36. The number of benzene rings is 1. The van der Waals surface area contributed by atoms with Crippen LogP contribution >= 0.6 is 0 Å². The molecular weight excluding hydrogens is 564 g/mol. The fourth-order valence-corrected chi connectivity index (χ4v) is 7.22. The Morgan fingerprint density at radius 1 is 0.587 bits per heavy atom. The summed E-state index contributed by atoms with van der Waals surface area (Å²) in [6.45, 7) is 15.0. The summed E-state index contributed by atoms with van der Waals surface area (Å²) in [5.74, 6) is 17.1. The van der Waals surface area contributed by atoms with Crippen LogP contribution in [-0.2, 0) is 22.7 Å². The van der Waals surface area contributed by atoms with Gasteiger partial charge in [0, 0.05) is 11.1 Å². The smallest absolute Gasteiger partial charge is 0.113 e. The van der Waals surface area contributed by atoms with Gasteiger partial charge in [-0.15, -0.1) is 0 Å². The van der Waals surface area contributed by atoms with Crippen LogP contribution in [0.1, 0.15) is 114 Å². The third kappa shape index (κ3) is 9.54. The van der Waals surface area contributed by atoms with Crippen molar-refractivity contribution in [1.29, 1.82) is 0 Å². The molecule has 2 aliphatic rings. The van der Waals surface area contributed by atoms with Gasteiger partial charge < -0.3 is 9.47 Å². The van der Waals surface area contributed by atoms with Crippen molar-refractivity contribution in [2.24, 2.45) is 35.5 Å². The number of pyridine rings is 2. The van der Waals surface area contributed by atoms with Crippen molar-refractivity contribution in [1.82, 2.24) is 9.97 Å². The van der Waals surface area contributed by atoms with Crippen molar-refractivity contribution in [3.63, 3.8) is 0 Å². The van der Waals surface area contributed by atoms with Crippen LogP contribution in [0.5, 0.6) is 0 Å². The van der Waals surface area contributed by atoms with Crippen LogP contribution in [0.15, 0.2) is 60.7 Å². The van der Waals surface area contributed by atoms with Gasteiger partial charge >= 0.3 is 0 Å². The molecule has 2 saturated carbocycles. The van der Waals surface area contributed by atoms with E-state index in [2.05, 4.69) is 65.2 Å². The standard InChI is InChI=1S/C42H52N2O2/c1-29(2)39-23-17-31(5)25-41(39)45-27-37-15-9-13-35(43-37)21-19-33-11-7-8-12-34(33)20-22-36-14-10-16-38(44-36)28-46-42-26-32(6)18-24-40(42)30(3)4/h7-16,29-32,39-42H,17-18,23-28H2,1-6H3/t31-,32-,39+,40+,41-,42-/m0/s1. The Kier molecular flexibility index (Phi) is 12.1. The predicted molar refractivity (Wildman–Crippen MR) is 187 cm³/mol. The molecule has 46 heavy (non-hydrogen) atoms. The maximum Gasteiger partial charge on any atom is 0.113 e. The van der Waals surface area contributed by atoms with Gasteiger partial charge in [0.25, 0.3) is 0 Å². The highest BCUT2D eigenvalue weighted by atomic mass is 16.5. The lowest BCUT2D eigenvalue weighted by Gasteiger charge is -2.37. The highest BCUT2D eigenvalue weighted by molar-refractivity contribution is 5.53. The van der Waals surface area contributed by atoms with Crippen LogP contribution in [0, 0.1) is 59.2 Å². The summed E-state index contributed by atoms with van der Waals surface area (Å²) in [6.07, 6.45) is 7.96. The monoisotopic (exact) mass is 616 g/mol. The van der Waals surface area contributed by atoms with Crippen molar-refractivity contribution < 1.29 is 9.47 Å². The Labute approximate surface area is 278 Å². The van der Waals surface area contributed by atoms with Crippen molar-refractivity contribution >= 4 is 0 Å². The fraction of sp³-hybridized carbons (Fsp3) is 0.524. The number of ether oxygens (including phenoxy) is 2. The van der Waals surface area contributed by atoms with Gasteiger partial charge in [-0.25, -0.2) is 9.97 Å². The van der Waals surface area contributed by atoms with Crippen molar-refractivity contribution in [2.75, 3.05) is 0 Å². The van der Waals surface area contributed by atoms with Gasteiger partial charge in [-0.1, -0.05) is 90.5 Å². The van der Waals surface area contributed by atoms with Gasteiger partial charge in [-0.2, -0.15) is 0 Å². The molecule has 3 aromatic rings. The Morgan fingerprint density at radius 2 is 1.02 bits per heavy atom. The summed E-state index contributed by atoms with van der Waals surface area (Å²) in [5, 5.41) is 0. The molecule has 0 radical (unpaired) electrons. The Hall–Kier alpha value is -3.44. The van der Waals surface area contributed by atoms with Crippen molar-refractivity contribution in [3.05, 3.63) is 94.6 Å². The van der Waals surface area contributed by atoms with E-state index in [4.69, 9.17) is 19.4 Å². The topological polar surface area (TPSA) is 44.2 Å². The molecule has 0 amide bonds. The Bertz CT molecular complexity index is 1440. The SMILES string of the molecule is CC(C)[C@H]1CC[C@H](C)C[C@@H]1OCc1cccc(C#Cc2ccccc2C#Cc2cccc(CO[C@H]3C[C@@H](C)CC[C@@H]3C(C)C)n2)n1. The zero-order valence-corrected chi connectivity index (χ0v) is 28.8. The molecule has 242 valence electrons. The largest absolute Gasteiger partial charge is 0.372 e. The van der Waals surface area contributed by atoms with E-state index in [1.165, 1.54) is 25.7 Å². The first-order valence-electron chi connectivity index (χ1n) is 17.5. The first kappa shape index (κ1) is 33.9. The molecule has 2 aromatic heterocycles. The molecule has 0 spiro atoms. The number of nitrogens with zero attached hydrogens (tertiary/aromatic N) is 2. The molecule has 0 saturated heterocycles. The number of rotatable bonds is 8. The van der Waals surface area contributed by atoms with E-state index in [0.29, 0.717) is 49.1 Å². The minimum Gasteiger partial charge on any atom is -0.372 e. The first-order valence-corrected chi connectivity index (χ1v) is 17.5. The lowest BCUT2D eigenvalue weighted by Crippen LogP contribution is -2.34. The van der Waals surface area contributed by atoms with E-state index in [1.807, 2.05) is 60.7 Å². The average Bonchev–Trinajstić information content (AvgIpc) is 3.05. The van der Waals surface area contributed by atoms with Crippen LogP contribution < -0.4 is 0 Å². The fourth-order valence-electron chi connectivity index (χ4n) is 7.22. The quantitative estimate of drug-likeness (QED) is 0.237. The summed E-state index contributed by atoms with van der Waals surface area (Å²) in [4.78, 5) is 9.61. The van der Waals surface area contributed by atoms with E-state index >= 15 is 0 Å². The van der Waals surface area contributed by atoms with E-state index < -0.39 is 0 Å². The van der Waals surface area contributed by atoms with Crippen LogP contribution in [0.3, 0.4) is 0 Å². The predicted octanol–water partition coefficient (Wildman–Crippen LogP) is 9.23. The van der Waals surface area contributed by atoms with E-state index in [1.54, 1.807) is 0 Å². The Morgan fingerprint density at radius 3 is 1.43 bits per heavy atom. The van der Waals surface area contributed by atoms with Crippen LogP contribution in [0.2, 0.25) is 0 Å². The molecule has 2 aliphatic carbocycles. The first-order chi connectivity index (χ1) is 22.2. The average molecular weight is 617 g/mol. The van der Waals surface area contributed by atoms with Crippen LogP contribution in [0.25, 0.3) is 0 Å². The second-order valence-corrected chi connectivity index (χ2v) is 14.4. The highest BCUT2D eigenvalue weighted by Gasteiger charge is 2.32. The minimum absolute atomic E-state index is 0.298. The molecule has 6 atom stereocenters. The molecule has 1 aromatic carbocycles. The third-order valence-electron chi connectivity index (χ3n) is 10.0. The molecule has 4 heteroatoms. The maximum absolute atomic E-state index is 6.45. The van der Waals surface area contributed by atoms with Crippen LogP contribution in [-0.4, -0.2) is 22.2 Å². The second kappa shape index (κ2) is 16.4. The van der Waals surface area contributed by atoms with Crippen molar-refractivity contribution in [3.8, 4) is 23.7 Å². The Balaban J connectivity index is 1.23. The lowest BCUT2D eigenvalue weighted by molar-refractivity contribution is -0.0484. The number of hydrogen-bond acceptors (Lipinski definition) is 4. The van der Waals surface area contributed by atoms with Crippen molar-refractivity contribution in [2.45, 2.75) is 105 Å². The molecule has 0 unspecified atom stereocenters. The van der Waals surface area contributed by atoms with Crippen LogP contribution in [0.4, 0.5) is 0 Å². The molecule has 0 N–H and O–H groups in total. The van der Waals surface area contributed by atoms with Gasteiger partial charge in [0.1, 0.15) is 11.4 Å². The maximum atomic E-state index is 6.45. The zero-order chi connectivity index (χ0) is 32.5. The normalized spacial score (nSPS) is 24.6.